The minimum Gasteiger partial charge on any atom is -0.464 e. The van der Waals surface area contributed by atoms with E-state index >= 15 is 0 Å². The largest absolute Gasteiger partial charge is 0.464 e. The third kappa shape index (κ3) is 2.65. The maximum atomic E-state index is 12.3. The maximum Gasteiger partial charge on any atom is 0.315 e. The van der Waals surface area contributed by atoms with Gasteiger partial charge in [-0.2, -0.15) is 0 Å². The molecule has 0 bridgehead atoms. The third-order valence-electron chi connectivity index (χ3n) is 4.10. The molecule has 3 nitrogen and oxygen atoms in total. The highest BCUT2D eigenvalue weighted by Gasteiger charge is 2.14. The highest BCUT2D eigenvalue weighted by atomic mass is 16.5. The SMILES string of the molecule is Cc1cccc(OC(=O)Cc2coc3ccc4ccccc4c23)c1. The molecule has 0 spiro atoms. The second kappa shape index (κ2) is 5.85. The molecule has 3 heteroatoms. The van der Waals surface area contributed by atoms with Gasteiger partial charge in [0.25, 0.3) is 0 Å². The topological polar surface area (TPSA) is 39.4 Å². The Morgan fingerprint density at radius 1 is 1.04 bits per heavy atom. The fourth-order valence-corrected chi connectivity index (χ4v) is 3.01. The van der Waals surface area contributed by atoms with Gasteiger partial charge in [-0.05, 0) is 41.5 Å². The number of hydrogen-bond donors (Lipinski definition) is 0. The summed E-state index contributed by atoms with van der Waals surface area (Å²) in [6.45, 7) is 1.97. The molecule has 3 aromatic carbocycles. The van der Waals surface area contributed by atoms with Gasteiger partial charge in [-0.15, -0.1) is 0 Å². The summed E-state index contributed by atoms with van der Waals surface area (Å²) < 4.78 is 11.1. The van der Waals surface area contributed by atoms with Crippen LogP contribution in [0.1, 0.15) is 11.1 Å². The number of carbonyl (C=O) groups is 1. The van der Waals surface area contributed by atoms with Gasteiger partial charge in [0.05, 0.1) is 12.7 Å². The molecule has 118 valence electrons. The summed E-state index contributed by atoms with van der Waals surface area (Å²) in [6.07, 6.45) is 1.82. The van der Waals surface area contributed by atoms with E-state index < -0.39 is 0 Å². The smallest absolute Gasteiger partial charge is 0.315 e. The van der Waals surface area contributed by atoms with E-state index in [0.717, 1.165) is 32.9 Å². The Morgan fingerprint density at radius 2 is 1.92 bits per heavy atom. The first-order valence-electron chi connectivity index (χ1n) is 7.86. The highest BCUT2D eigenvalue weighted by Crippen LogP contribution is 2.30. The van der Waals surface area contributed by atoms with Gasteiger partial charge in [0.2, 0.25) is 0 Å². The molecule has 1 heterocycles. The van der Waals surface area contributed by atoms with E-state index in [-0.39, 0.29) is 12.4 Å². The van der Waals surface area contributed by atoms with Crippen LogP contribution in [0.2, 0.25) is 0 Å². The minimum absolute atomic E-state index is 0.176. The van der Waals surface area contributed by atoms with Gasteiger partial charge in [0.15, 0.2) is 0 Å². The van der Waals surface area contributed by atoms with E-state index in [9.17, 15) is 4.79 Å². The van der Waals surface area contributed by atoms with Crippen molar-refractivity contribution in [2.24, 2.45) is 0 Å². The molecule has 0 saturated carbocycles. The summed E-state index contributed by atoms with van der Waals surface area (Å²) in [5, 5.41) is 3.19. The fourth-order valence-electron chi connectivity index (χ4n) is 3.01. The summed E-state index contributed by atoms with van der Waals surface area (Å²) in [6, 6.07) is 19.5. The van der Waals surface area contributed by atoms with Gasteiger partial charge < -0.3 is 9.15 Å². The van der Waals surface area contributed by atoms with Crippen molar-refractivity contribution in [2.45, 2.75) is 13.3 Å². The predicted octanol–water partition coefficient (Wildman–Crippen LogP) is 5.04. The van der Waals surface area contributed by atoms with E-state index in [4.69, 9.17) is 9.15 Å². The number of carbonyl (C=O) groups excluding carboxylic acids is 1. The molecule has 0 fully saturated rings. The van der Waals surface area contributed by atoms with Crippen molar-refractivity contribution in [3.05, 3.63) is 78.1 Å². The van der Waals surface area contributed by atoms with Crippen LogP contribution in [0.25, 0.3) is 21.7 Å². The summed E-state index contributed by atoms with van der Waals surface area (Å²) >= 11 is 0. The van der Waals surface area contributed by atoms with Gasteiger partial charge >= 0.3 is 5.97 Å². The average Bonchev–Trinajstić information content (AvgIpc) is 2.98. The number of aryl methyl sites for hydroxylation is 1. The standard InChI is InChI=1S/C21H16O3/c1-14-5-4-7-17(11-14)24-20(22)12-16-13-23-19-10-9-15-6-2-3-8-18(15)21(16)19/h2-11,13H,12H2,1H3. The van der Waals surface area contributed by atoms with Crippen molar-refractivity contribution >= 4 is 27.7 Å². The molecule has 0 atom stereocenters. The summed E-state index contributed by atoms with van der Waals surface area (Å²) in [7, 11) is 0. The number of benzene rings is 3. The molecule has 0 amide bonds. The second-order valence-corrected chi connectivity index (χ2v) is 5.89. The van der Waals surface area contributed by atoms with Crippen molar-refractivity contribution in [1.82, 2.24) is 0 Å². The molecule has 0 N–H and O–H groups in total. The molecule has 0 aliphatic rings. The molecule has 0 radical (unpaired) electrons. The third-order valence-corrected chi connectivity index (χ3v) is 4.10. The lowest BCUT2D eigenvalue weighted by Gasteiger charge is -2.05. The van der Waals surface area contributed by atoms with Gasteiger partial charge in [0.1, 0.15) is 11.3 Å². The van der Waals surface area contributed by atoms with E-state index in [2.05, 4.69) is 6.07 Å². The van der Waals surface area contributed by atoms with Gasteiger partial charge in [0, 0.05) is 10.9 Å². The summed E-state index contributed by atoms with van der Waals surface area (Å²) in [4.78, 5) is 12.3. The lowest BCUT2D eigenvalue weighted by molar-refractivity contribution is -0.133. The first-order chi connectivity index (χ1) is 11.7. The van der Waals surface area contributed by atoms with Crippen LogP contribution in [-0.2, 0) is 11.2 Å². The molecular formula is C21H16O3. The quantitative estimate of drug-likeness (QED) is 0.392. The van der Waals surface area contributed by atoms with E-state index in [1.54, 1.807) is 12.3 Å². The first kappa shape index (κ1) is 14.5. The van der Waals surface area contributed by atoms with Crippen molar-refractivity contribution in [1.29, 1.82) is 0 Å². The zero-order valence-corrected chi connectivity index (χ0v) is 13.3. The number of ether oxygens (including phenoxy) is 1. The fraction of sp³-hybridized carbons (Fsp3) is 0.0952. The molecule has 24 heavy (non-hydrogen) atoms. The van der Waals surface area contributed by atoms with Crippen molar-refractivity contribution in [2.75, 3.05) is 0 Å². The lowest BCUT2D eigenvalue weighted by Crippen LogP contribution is -2.11. The Balaban J connectivity index is 1.67. The van der Waals surface area contributed by atoms with Gasteiger partial charge in [-0.1, -0.05) is 42.5 Å². The minimum atomic E-state index is -0.295. The Bertz CT molecular complexity index is 1040. The molecule has 0 saturated heterocycles. The predicted molar refractivity (Wildman–Crippen MR) is 94.2 cm³/mol. The molecule has 0 aliphatic heterocycles. The van der Waals surface area contributed by atoms with Crippen LogP contribution in [0.15, 0.2) is 71.3 Å². The molecule has 1 aromatic heterocycles. The van der Waals surface area contributed by atoms with Gasteiger partial charge in [-0.3, -0.25) is 4.79 Å². The monoisotopic (exact) mass is 316 g/mol. The average molecular weight is 316 g/mol. The number of fused-ring (bicyclic) bond motifs is 3. The second-order valence-electron chi connectivity index (χ2n) is 5.89. The van der Waals surface area contributed by atoms with E-state index in [1.165, 1.54) is 0 Å². The lowest BCUT2D eigenvalue weighted by atomic mass is 10.0. The molecule has 4 rings (SSSR count). The first-order valence-corrected chi connectivity index (χ1v) is 7.86. The Morgan fingerprint density at radius 3 is 2.79 bits per heavy atom. The molecule has 0 aliphatic carbocycles. The van der Waals surface area contributed by atoms with Crippen molar-refractivity contribution in [3.8, 4) is 5.75 Å². The van der Waals surface area contributed by atoms with Crippen LogP contribution in [0.4, 0.5) is 0 Å². The van der Waals surface area contributed by atoms with Crippen molar-refractivity contribution in [3.63, 3.8) is 0 Å². The van der Waals surface area contributed by atoms with E-state index in [0.29, 0.717) is 5.75 Å². The van der Waals surface area contributed by atoms with Gasteiger partial charge in [-0.25, -0.2) is 0 Å². The zero-order valence-electron chi connectivity index (χ0n) is 13.3. The number of hydrogen-bond acceptors (Lipinski definition) is 3. The van der Waals surface area contributed by atoms with Crippen LogP contribution in [0.3, 0.4) is 0 Å². The van der Waals surface area contributed by atoms with Crippen molar-refractivity contribution < 1.29 is 13.9 Å². The molecule has 0 unspecified atom stereocenters. The molecular weight excluding hydrogens is 300 g/mol. The number of rotatable bonds is 3. The Labute approximate surface area is 139 Å². The van der Waals surface area contributed by atoms with Crippen LogP contribution in [-0.4, -0.2) is 5.97 Å². The molecule has 4 aromatic rings. The van der Waals surface area contributed by atoms with Crippen LogP contribution in [0, 0.1) is 6.92 Å². The summed E-state index contributed by atoms with van der Waals surface area (Å²) in [5.41, 5.74) is 2.69. The summed E-state index contributed by atoms with van der Waals surface area (Å²) in [5.74, 6) is 0.272. The normalized spacial score (nSPS) is 11.0. The number of esters is 1. The highest BCUT2D eigenvalue weighted by molar-refractivity contribution is 6.08. The Hall–Kier alpha value is -3.07. The maximum absolute atomic E-state index is 12.3. The van der Waals surface area contributed by atoms with Crippen LogP contribution < -0.4 is 4.74 Å². The number of furan rings is 1. The van der Waals surface area contributed by atoms with E-state index in [1.807, 2.05) is 55.5 Å². The van der Waals surface area contributed by atoms with Crippen LogP contribution >= 0.6 is 0 Å². The van der Waals surface area contributed by atoms with Crippen LogP contribution in [0.5, 0.6) is 5.75 Å². The zero-order chi connectivity index (χ0) is 16.5. The Kier molecular flexibility index (Phi) is 3.54.